The Morgan fingerprint density at radius 1 is 1.47 bits per heavy atom. The standard InChI is InChI=1S/C12H20ClN3O/c1-10(2)7-14-5-3-4-6-16-9-11(13)8-15-12(16)17/h8-10,14H,3-7H2,1-2H3. The van der Waals surface area contributed by atoms with Crippen LogP contribution < -0.4 is 11.0 Å². The minimum Gasteiger partial charge on any atom is -0.316 e. The van der Waals surface area contributed by atoms with Crippen molar-refractivity contribution in [3.63, 3.8) is 0 Å². The Hall–Kier alpha value is -0.870. The molecule has 0 radical (unpaired) electrons. The highest BCUT2D eigenvalue weighted by molar-refractivity contribution is 6.30. The number of nitrogens with one attached hydrogen (secondary N) is 1. The third-order valence-electron chi connectivity index (χ3n) is 2.38. The molecule has 0 bridgehead atoms. The highest BCUT2D eigenvalue weighted by Crippen LogP contribution is 2.02. The van der Waals surface area contributed by atoms with Gasteiger partial charge in [0.15, 0.2) is 0 Å². The predicted octanol–water partition coefficient (Wildman–Crippen LogP) is 1.92. The van der Waals surface area contributed by atoms with Gasteiger partial charge < -0.3 is 5.32 Å². The summed E-state index contributed by atoms with van der Waals surface area (Å²) in [5.41, 5.74) is -0.232. The van der Waals surface area contributed by atoms with E-state index < -0.39 is 0 Å². The van der Waals surface area contributed by atoms with Gasteiger partial charge in [-0.25, -0.2) is 9.78 Å². The largest absolute Gasteiger partial charge is 0.347 e. The Labute approximate surface area is 107 Å². The summed E-state index contributed by atoms with van der Waals surface area (Å²) in [4.78, 5) is 15.0. The van der Waals surface area contributed by atoms with E-state index in [1.54, 1.807) is 10.8 Å². The third-order valence-corrected chi connectivity index (χ3v) is 2.57. The fraction of sp³-hybridized carbons (Fsp3) is 0.667. The molecule has 1 aromatic heterocycles. The van der Waals surface area contributed by atoms with E-state index in [-0.39, 0.29) is 5.69 Å². The Morgan fingerprint density at radius 2 is 2.24 bits per heavy atom. The molecule has 0 spiro atoms. The van der Waals surface area contributed by atoms with Gasteiger partial charge in [-0.2, -0.15) is 0 Å². The minimum absolute atomic E-state index is 0.232. The second-order valence-corrected chi connectivity index (χ2v) is 4.99. The van der Waals surface area contributed by atoms with E-state index in [1.165, 1.54) is 6.20 Å². The van der Waals surface area contributed by atoms with E-state index in [1.807, 2.05) is 0 Å². The lowest BCUT2D eigenvalue weighted by atomic mass is 10.2. The molecule has 0 aromatic carbocycles. The van der Waals surface area contributed by atoms with Crippen LogP contribution in [0, 0.1) is 5.92 Å². The number of aromatic nitrogens is 2. The van der Waals surface area contributed by atoms with Crippen molar-refractivity contribution < 1.29 is 0 Å². The summed E-state index contributed by atoms with van der Waals surface area (Å²) in [6, 6.07) is 0. The maximum Gasteiger partial charge on any atom is 0.347 e. The fourth-order valence-electron chi connectivity index (χ4n) is 1.51. The normalized spacial score (nSPS) is 11.1. The van der Waals surface area contributed by atoms with Crippen molar-refractivity contribution in [3.8, 4) is 0 Å². The summed E-state index contributed by atoms with van der Waals surface area (Å²) in [7, 11) is 0. The van der Waals surface area contributed by atoms with Gasteiger partial charge in [-0.15, -0.1) is 0 Å². The van der Waals surface area contributed by atoms with Crippen molar-refractivity contribution in [2.24, 2.45) is 5.92 Å². The van der Waals surface area contributed by atoms with Crippen molar-refractivity contribution in [2.45, 2.75) is 33.2 Å². The van der Waals surface area contributed by atoms with E-state index in [0.29, 0.717) is 17.5 Å². The second-order valence-electron chi connectivity index (χ2n) is 4.55. The molecule has 1 rings (SSSR count). The molecule has 4 nitrogen and oxygen atoms in total. The van der Waals surface area contributed by atoms with Gasteiger partial charge >= 0.3 is 5.69 Å². The number of hydrogen-bond acceptors (Lipinski definition) is 3. The van der Waals surface area contributed by atoms with Crippen LogP contribution in [0.25, 0.3) is 0 Å². The van der Waals surface area contributed by atoms with Gasteiger partial charge in [0.1, 0.15) is 0 Å². The van der Waals surface area contributed by atoms with Crippen molar-refractivity contribution in [2.75, 3.05) is 13.1 Å². The first-order valence-corrected chi connectivity index (χ1v) is 6.40. The first-order valence-electron chi connectivity index (χ1n) is 6.02. The van der Waals surface area contributed by atoms with Crippen LogP contribution in [0.2, 0.25) is 5.02 Å². The lowest BCUT2D eigenvalue weighted by molar-refractivity contribution is 0.514. The van der Waals surface area contributed by atoms with E-state index in [4.69, 9.17) is 11.6 Å². The van der Waals surface area contributed by atoms with Gasteiger partial charge in [0, 0.05) is 12.7 Å². The van der Waals surface area contributed by atoms with Crippen LogP contribution in [0.15, 0.2) is 17.2 Å². The Morgan fingerprint density at radius 3 is 2.94 bits per heavy atom. The molecule has 1 aromatic rings. The molecule has 96 valence electrons. The van der Waals surface area contributed by atoms with Gasteiger partial charge in [0.25, 0.3) is 0 Å². The highest BCUT2D eigenvalue weighted by Gasteiger charge is 1.98. The number of aryl methyl sites for hydroxylation is 1. The summed E-state index contributed by atoms with van der Waals surface area (Å²) >= 11 is 5.78. The van der Waals surface area contributed by atoms with E-state index in [9.17, 15) is 4.79 Å². The lowest BCUT2D eigenvalue weighted by Crippen LogP contribution is -2.23. The molecule has 0 aliphatic heterocycles. The molecular formula is C12H20ClN3O. The zero-order valence-electron chi connectivity index (χ0n) is 10.4. The number of halogens is 1. The average Bonchev–Trinajstić information content (AvgIpc) is 2.27. The second kappa shape index (κ2) is 7.45. The number of nitrogens with zero attached hydrogens (tertiary/aromatic N) is 2. The van der Waals surface area contributed by atoms with Crippen LogP contribution in [0.3, 0.4) is 0 Å². The molecule has 0 saturated carbocycles. The van der Waals surface area contributed by atoms with Crippen LogP contribution in [-0.2, 0) is 6.54 Å². The molecule has 0 aliphatic rings. The van der Waals surface area contributed by atoms with Crippen LogP contribution >= 0.6 is 11.6 Å². The SMILES string of the molecule is CC(C)CNCCCCn1cc(Cl)cnc1=O. The van der Waals surface area contributed by atoms with Crippen LogP contribution in [0.1, 0.15) is 26.7 Å². The van der Waals surface area contributed by atoms with E-state index in [2.05, 4.69) is 24.1 Å². The van der Waals surface area contributed by atoms with E-state index in [0.717, 1.165) is 25.9 Å². The van der Waals surface area contributed by atoms with Crippen LogP contribution in [-0.4, -0.2) is 22.6 Å². The molecule has 1 N–H and O–H groups in total. The molecule has 5 heteroatoms. The Kier molecular flexibility index (Phi) is 6.22. The first kappa shape index (κ1) is 14.2. The summed E-state index contributed by atoms with van der Waals surface area (Å²) in [5, 5.41) is 3.87. The maximum absolute atomic E-state index is 11.4. The molecule has 0 amide bonds. The van der Waals surface area contributed by atoms with Gasteiger partial charge in [0.2, 0.25) is 0 Å². The van der Waals surface area contributed by atoms with Gasteiger partial charge in [-0.3, -0.25) is 4.57 Å². The van der Waals surface area contributed by atoms with E-state index >= 15 is 0 Å². The first-order chi connectivity index (χ1) is 8.09. The lowest BCUT2D eigenvalue weighted by Gasteiger charge is -2.08. The average molecular weight is 258 g/mol. The summed E-state index contributed by atoms with van der Waals surface area (Å²) < 4.78 is 1.56. The highest BCUT2D eigenvalue weighted by atomic mass is 35.5. The van der Waals surface area contributed by atoms with Crippen molar-refractivity contribution in [1.82, 2.24) is 14.9 Å². The smallest absolute Gasteiger partial charge is 0.316 e. The summed E-state index contributed by atoms with van der Waals surface area (Å²) in [6.07, 6.45) is 5.02. The van der Waals surface area contributed by atoms with Gasteiger partial charge in [-0.05, 0) is 31.8 Å². The monoisotopic (exact) mass is 257 g/mol. The number of unbranched alkanes of at least 4 members (excludes halogenated alkanes) is 1. The van der Waals surface area contributed by atoms with Gasteiger partial charge in [0.05, 0.1) is 11.2 Å². The maximum atomic E-state index is 11.4. The van der Waals surface area contributed by atoms with Gasteiger partial charge in [-0.1, -0.05) is 25.4 Å². The zero-order chi connectivity index (χ0) is 12.7. The van der Waals surface area contributed by atoms with Crippen LogP contribution in [0.5, 0.6) is 0 Å². The third kappa shape index (κ3) is 5.84. The van der Waals surface area contributed by atoms with Crippen molar-refractivity contribution in [1.29, 1.82) is 0 Å². The Balaban J connectivity index is 2.22. The number of hydrogen-bond donors (Lipinski definition) is 1. The molecule has 0 aliphatic carbocycles. The van der Waals surface area contributed by atoms with Crippen molar-refractivity contribution in [3.05, 3.63) is 27.9 Å². The summed E-state index contributed by atoms with van der Waals surface area (Å²) in [6.45, 7) is 7.07. The number of rotatable bonds is 7. The minimum atomic E-state index is -0.232. The quantitative estimate of drug-likeness (QED) is 0.760. The van der Waals surface area contributed by atoms with Crippen LogP contribution in [0.4, 0.5) is 0 Å². The molecule has 0 unspecified atom stereocenters. The summed E-state index contributed by atoms with van der Waals surface area (Å²) in [5.74, 6) is 0.676. The topological polar surface area (TPSA) is 46.9 Å². The molecule has 0 saturated heterocycles. The molecule has 17 heavy (non-hydrogen) atoms. The molecule has 0 atom stereocenters. The molecule has 0 fully saturated rings. The Bertz CT molecular complexity index is 390. The predicted molar refractivity (Wildman–Crippen MR) is 70.4 cm³/mol. The zero-order valence-corrected chi connectivity index (χ0v) is 11.2. The molecular weight excluding hydrogens is 238 g/mol. The fourth-order valence-corrected chi connectivity index (χ4v) is 1.68. The molecule has 1 heterocycles. The van der Waals surface area contributed by atoms with Crippen molar-refractivity contribution >= 4 is 11.6 Å².